The van der Waals surface area contributed by atoms with E-state index in [2.05, 4.69) is 10.6 Å². The Morgan fingerprint density at radius 2 is 1.89 bits per heavy atom. The third kappa shape index (κ3) is 4.68. The van der Waals surface area contributed by atoms with Crippen LogP contribution in [0.4, 0.5) is 14.9 Å². The van der Waals surface area contributed by atoms with E-state index >= 15 is 0 Å². The molecule has 1 fully saturated rings. The lowest BCUT2D eigenvalue weighted by molar-refractivity contribution is 0.0827. The molecule has 0 aromatic heterocycles. The van der Waals surface area contributed by atoms with Crippen LogP contribution in [0.2, 0.25) is 0 Å². The number of hydrogen-bond donors (Lipinski definition) is 2. The molecule has 2 aromatic rings. The van der Waals surface area contributed by atoms with Crippen molar-refractivity contribution in [1.82, 2.24) is 10.2 Å². The van der Waals surface area contributed by atoms with Gasteiger partial charge in [0.2, 0.25) is 0 Å². The molecule has 0 bridgehead atoms. The number of anilines is 1. The molecule has 6 heteroatoms. The minimum Gasteiger partial charge on any atom is -0.345 e. The van der Waals surface area contributed by atoms with Gasteiger partial charge in [0.25, 0.3) is 5.91 Å². The van der Waals surface area contributed by atoms with Gasteiger partial charge in [-0.25, -0.2) is 9.18 Å². The Balaban J connectivity index is 1.59. The number of hydrogen-bond acceptors (Lipinski definition) is 2. The number of aryl methyl sites for hydroxylation is 1. The van der Waals surface area contributed by atoms with Gasteiger partial charge in [0.1, 0.15) is 5.82 Å². The summed E-state index contributed by atoms with van der Waals surface area (Å²) in [4.78, 5) is 26.1. The van der Waals surface area contributed by atoms with Gasteiger partial charge in [-0.3, -0.25) is 4.79 Å². The number of rotatable bonds is 4. The van der Waals surface area contributed by atoms with Crippen molar-refractivity contribution in [3.05, 3.63) is 65.0 Å². The number of halogens is 1. The van der Waals surface area contributed by atoms with Gasteiger partial charge < -0.3 is 15.5 Å². The normalized spacial score (nSPS) is 18.6. The summed E-state index contributed by atoms with van der Waals surface area (Å²) in [5.41, 5.74) is 2.98. The zero-order chi connectivity index (χ0) is 20.3. The summed E-state index contributed by atoms with van der Waals surface area (Å²) >= 11 is 0. The molecule has 1 aliphatic rings. The van der Waals surface area contributed by atoms with E-state index in [-0.39, 0.29) is 29.7 Å². The van der Waals surface area contributed by atoms with E-state index < -0.39 is 0 Å². The van der Waals surface area contributed by atoms with Gasteiger partial charge in [-0.15, -0.1) is 0 Å². The average Bonchev–Trinajstić information content (AvgIpc) is 3.11. The highest BCUT2D eigenvalue weighted by molar-refractivity contribution is 5.98. The van der Waals surface area contributed by atoms with Crippen LogP contribution in [-0.2, 0) is 0 Å². The van der Waals surface area contributed by atoms with Gasteiger partial charge in [0.15, 0.2) is 0 Å². The molecule has 0 heterocycles. The summed E-state index contributed by atoms with van der Waals surface area (Å²) in [5.74, 6) is -0.0749. The first-order chi connectivity index (χ1) is 13.3. The average molecular weight is 383 g/mol. The largest absolute Gasteiger partial charge is 0.345 e. The Kier molecular flexibility index (Phi) is 5.97. The zero-order valence-corrected chi connectivity index (χ0v) is 16.5. The Morgan fingerprint density at radius 3 is 2.61 bits per heavy atom. The number of urea groups is 1. The minimum absolute atomic E-state index is 0.0431. The number of carbonyl (C=O) groups is 2. The second-order valence-corrected chi connectivity index (χ2v) is 7.59. The molecule has 3 amide bonds. The van der Waals surface area contributed by atoms with E-state index in [0.29, 0.717) is 11.3 Å². The topological polar surface area (TPSA) is 61.4 Å². The molecular formula is C22H26FN3O2. The summed E-state index contributed by atoms with van der Waals surface area (Å²) < 4.78 is 13.4. The smallest absolute Gasteiger partial charge is 0.319 e. The van der Waals surface area contributed by atoms with Crippen LogP contribution < -0.4 is 10.6 Å². The van der Waals surface area contributed by atoms with Crippen LogP contribution in [0.25, 0.3) is 0 Å². The first-order valence-electron chi connectivity index (χ1n) is 9.49. The van der Waals surface area contributed by atoms with Gasteiger partial charge in [0.05, 0.1) is 0 Å². The van der Waals surface area contributed by atoms with Crippen LogP contribution in [0.1, 0.15) is 46.7 Å². The molecule has 1 aliphatic carbocycles. The molecule has 5 nitrogen and oxygen atoms in total. The SMILES string of the molecule is Cc1ccc(NC(=O)NC2CCC(c3cccc(F)c3)C2)cc1C(=O)N(C)C. The van der Waals surface area contributed by atoms with E-state index in [0.717, 1.165) is 30.4 Å². The van der Waals surface area contributed by atoms with E-state index in [1.807, 2.05) is 19.1 Å². The second kappa shape index (κ2) is 8.42. The summed E-state index contributed by atoms with van der Waals surface area (Å²) in [6.45, 7) is 1.87. The van der Waals surface area contributed by atoms with Gasteiger partial charge in [-0.1, -0.05) is 18.2 Å². The zero-order valence-electron chi connectivity index (χ0n) is 16.5. The Bertz CT molecular complexity index is 882. The quantitative estimate of drug-likeness (QED) is 0.827. The number of nitrogens with one attached hydrogen (secondary N) is 2. The maximum Gasteiger partial charge on any atom is 0.319 e. The van der Waals surface area contributed by atoms with Crippen molar-refractivity contribution in [2.24, 2.45) is 0 Å². The Morgan fingerprint density at radius 1 is 1.11 bits per heavy atom. The second-order valence-electron chi connectivity index (χ2n) is 7.59. The standard InChI is InChI=1S/C22H26FN3O2/c1-14-7-9-19(13-20(14)21(27)26(2)3)25-22(28)24-18-10-8-16(12-18)15-5-4-6-17(23)11-15/h4-7,9,11,13,16,18H,8,10,12H2,1-3H3,(H2,24,25,28). The highest BCUT2D eigenvalue weighted by Gasteiger charge is 2.27. The lowest BCUT2D eigenvalue weighted by Crippen LogP contribution is -2.36. The lowest BCUT2D eigenvalue weighted by atomic mass is 9.97. The van der Waals surface area contributed by atoms with Crippen molar-refractivity contribution in [2.75, 3.05) is 19.4 Å². The van der Waals surface area contributed by atoms with Crippen LogP contribution >= 0.6 is 0 Å². The summed E-state index contributed by atoms with van der Waals surface area (Å²) in [6, 6.07) is 11.7. The molecule has 1 saturated carbocycles. The molecule has 2 aromatic carbocycles. The Labute approximate surface area is 164 Å². The summed E-state index contributed by atoms with van der Waals surface area (Å²) in [6.07, 6.45) is 2.56. The Hall–Kier alpha value is -2.89. The van der Waals surface area contributed by atoms with Crippen LogP contribution in [0.5, 0.6) is 0 Å². The maximum absolute atomic E-state index is 13.4. The van der Waals surface area contributed by atoms with Crippen molar-refractivity contribution in [3.8, 4) is 0 Å². The van der Waals surface area contributed by atoms with Crippen molar-refractivity contribution in [2.45, 2.75) is 38.1 Å². The highest BCUT2D eigenvalue weighted by Crippen LogP contribution is 2.34. The fourth-order valence-electron chi connectivity index (χ4n) is 3.70. The molecule has 2 N–H and O–H groups in total. The summed E-state index contributed by atoms with van der Waals surface area (Å²) in [5, 5.41) is 5.80. The van der Waals surface area contributed by atoms with Crippen molar-refractivity contribution in [1.29, 1.82) is 0 Å². The third-order valence-electron chi connectivity index (χ3n) is 5.22. The molecule has 0 spiro atoms. The predicted molar refractivity (Wildman–Crippen MR) is 108 cm³/mol. The molecule has 2 atom stereocenters. The van der Waals surface area contributed by atoms with E-state index in [1.165, 1.54) is 11.0 Å². The van der Waals surface area contributed by atoms with Crippen molar-refractivity contribution in [3.63, 3.8) is 0 Å². The monoisotopic (exact) mass is 383 g/mol. The third-order valence-corrected chi connectivity index (χ3v) is 5.22. The van der Waals surface area contributed by atoms with Crippen LogP contribution in [-0.4, -0.2) is 37.0 Å². The van der Waals surface area contributed by atoms with E-state index in [4.69, 9.17) is 0 Å². The molecule has 148 valence electrons. The number of amides is 3. The first-order valence-corrected chi connectivity index (χ1v) is 9.49. The molecular weight excluding hydrogens is 357 g/mol. The van der Waals surface area contributed by atoms with Gasteiger partial charge in [-0.2, -0.15) is 0 Å². The molecule has 3 rings (SSSR count). The van der Waals surface area contributed by atoms with Crippen LogP contribution in [0, 0.1) is 12.7 Å². The lowest BCUT2D eigenvalue weighted by Gasteiger charge is -2.16. The molecule has 28 heavy (non-hydrogen) atoms. The van der Waals surface area contributed by atoms with E-state index in [9.17, 15) is 14.0 Å². The predicted octanol–water partition coefficient (Wildman–Crippen LogP) is 4.29. The van der Waals surface area contributed by atoms with Gasteiger partial charge in [-0.05, 0) is 67.5 Å². The van der Waals surface area contributed by atoms with Crippen LogP contribution in [0.3, 0.4) is 0 Å². The molecule has 2 unspecified atom stereocenters. The number of benzene rings is 2. The summed E-state index contributed by atoms with van der Waals surface area (Å²) in [7, 11) is 3.40. The maximum atomic E-state index is 13.4. The number of carbonyl (C=O) groups excluding carboxylic acids is 2. The van der Waals surface area contributed by atoms with E-state index in [1.54, 1.807) is 38.4 Å². The fourth-order valence-corrected chi connectivity index (χ4v) is 3.70. The van der Waals surface area contributed by atoms with Gasteiger partial charge >= 0.3 is 6.03 Å². The minimum atomic E-state index is -0.294. The molecule has 0 aliphatic heterocycles. The van der Waals surface area contributed by atoms with Crippen LogP contribution in [0.15, 0.2) is 42.5 Å². The molecule has 0 radical (unpaired) electrons. The van der Waals surface area contributed by atoms with Crippen molar-refractivity contribution >= 4 is 17.6 Å². The highest BCUT2D eigenvalue weighted by atomic mass is 19.1. The number of nitrogens with zero attached hydrogens (tertiary/aromatic N) is 1. The van der Waals surface area contributed by atoms with Gasteiger partial charge in [0, 0.05) is 31.4 Å². The molecule has 0 saturated heterocycles. The first kappa shape index (κ1) is 19.9. The fraction of sp³-hybridized carbons (Fsp3) is 0.364. The van der Waals surface area contributed by atoms with Crippen molar-refractivity contribution < 1.29 is 14.0 Å².